The van der Waals surface area contributed by atoms with Gasteiger partial charge in [0.25, 0.3) is 5.91 Å². The van der Waals surface area contributed by atoms with Crippen molar-refractivity contribution >= 4 is 23.2 Å². The second kappa shape index (κ2) is 7.71. The monoisotopic (exact) mass is 392 g/mol. The summed E-state index contributed by atoms with van der Waals surface area (Å²) in [5.41, 5.74) is 1.85. The van der Waals surface area contributed by atoms with E-state index in [2.05, 4.69) is 20.1 Å². The van der Waals surface area contributed by atoms with Crippen LogP contribution in [0.2, 0.25) is 5.02 Å². The highest BCUT2D eigenvalue weighted by Gasteiger charge is 2.17. The van der Waals surface area contributed by atoms with Crippen LogP contribution < -0.4 is 10.1 Å². The summed E-state index contributed by atoms with van der Waals surface area (Å²) < 4.78 is 30.2. The van der Waals surface area contributed by atoms with Gasteiger partial charge in [0, 0.05) is 10.7 Å². The number of carbonyl (C=O) groups is 1. The van der Waals surface area contributed by atoms with Crippen molar-refractivity contribution in [1.29, 1.82) is 0 Å². The molecule has 0 saturated heterocycles. The Bertz CT molecular complexity index is 974. The van der Waals surface area contributed by atoms with Crippen LogP contribution in [-0.4, -0.2) is 27.3 Å². The zero-order chi connectivity index (χ0) is 19.6. The molecule has 3 rings (SSSR count). The fourth-order valence-corrected chi connectivity index (χ4v) is 2.60. The highest BCUT2D eigenvalue weighted by atomic mass is 35.5. The van der Waals surface area contributed by atoms with E-state index in [0.29, 0.717) is 22.2 Å². The molecule has 3 aromatic rings. The molecule has 0 aliphatic carbocycles. The Morgan fingerprint density at radius 2 is 1.89 bits per heavy atom. The van der Waals surface area contributed by atoms with Gasteiger partial charge in [0.1, 0.15) is 11.6 Å². The number of aryl methyl sites for hydroxylation is 1. The molecule has 0 aliphatic rings. The number of anilines is 1. The Morgan fingerprint density at radius 3 is 2.56 bits per heavy atom. The molecular weight excluding hydrogens is 378 g/mol. The largest absolute Gasteiger partial charge is 0.435 e. The first-order valence-electron chi connectivity index (χ1n) is 7.90. The Kier molecular flexibility index (Phi) is 5.36. The van der Waals surface area contributed by atoms with Gasteiger partial charge >= 0.3 is 6.61 Å². The third kappa shape index (κ3) is 4.22. The maximum Gasteiger partial charge on any atom is 0.387 e. The molecule has 140 valence electrons. The molecule has 27 heavy (non-hydrogen) atoms. The van der Waals surface area contributed by atoms with Crippen molar-refractivity contribution in [1.82, 2.24) is 14.8 Å². The molecule has 9 heteroatoms. The van der Waals surface area contributed by atoms with Crippen LogP contribution in [-0.2, 0) is 0 Å². The normalized spacial score (nSPS) is 10.9. The van der Waals surface area contributed by atoms with E-state index in [-0.39, 0.29) is 11.6 Å². The van der Waals surface area contributed by atoms with Crippen LogP contribution >= 0.6 is 11.6 Å². The minimum atomic E-state index is -2.89. The molecule has 1 N–H and O–H groups in total. The maximum absolute atomic E-state index is 12.5. The maximum atomic E-state index is 12.5. The average molecular weight is 393 g/mol. The fraction of sp³-hybridized carbons (Fsp3) is 0.167. The number of carbonyl (C=O) groups excluding carboxylic acids is 1. The van der Waals surface area contributed by atoms with Crippen molar-refractivity contribution in [3.8, 4) is 11.4 Å². The quantitative estimate of drug-likeness (QED) is 0.699. The third-order valence-corrected chi connectivity index (χ3v) is 4.20. The molecule has 0 spiro atoms. The van der Waals surface area contributed by atoms with E-state index in [4.69, 9.17) is 11.6 Å². The van der Waals surface area contributed by atoms with Crippen molar-refractivity contribution in [3.63, 3.8) is 0 Å². The van der Waals surface area contributed by atoms with Gasteiger partial charge in [-0.25, -0.2) is 9.67 Å². The van der Waals surface area contributed by atoms with E-state index in [0.717, 1.165) is 5.56 Å². The summed E-state index contributed by atoms with van der Waals surface area (Å²) in [6.07, 6.45) is 0. The summed E-state index contributed by atoms with van der Waals surface area (Å²) in [5, 5.41) is 7.45. The number of ether oxygens (including phenoxy) is 1. The molecule has 0 atom stereocenters. The Labute approximate surface area is 158 Å². The summed E-state index contributed by atoms with van der Waals surface area (Å²) in [5.74, 6) is -0.0222. The lowest BCUT2D eigenvalue weighted by Crippen LogP contribution is -2.15. The lowest BCUT2D eigenvalue weighted by Gasteiger charge is -2.07. The van der Waals surface area contributed by atoms with Crippen molar-refractivity contribution in [2.75, 3.05) is 5.32 Å². The van der Waals surface area contributed by atoms with Crippen molar-refractivity contribution in [2.45, 2.75) is 20.5 Å². The van der Waals surface area contributed by atoms with E-state index >= 15 is 0 Å². The number of rotatable bonds is 5. The number of benzene rings is 2. The average Bonchev–Trinajstić information content (AvgIpc) is 3.01. The summed E-state index contributed by atoms with van der Waals surface area (Å²) in [4.78, 5) is 16.6. The first kappa shape index (κ1) is 18.8. The molecule has 1 heterocycles. The second-order valence-corrected chi connectivity index (χ2v) is 6.04. The van der Waals surface area contributed by atoms with E-state index in [9.17, 15) is 13.6 Å². The SMILES string of the molecule is Cc1c(Cl)cccc1NC(=O)c1nc(C)n(-c2ccc(OC(F)F)cc2)n1. The Hall–Kier alpha value is -3.00. The summed E-state index contributed by atoms with van der Waals surface area (Å²) >= 11 is 6.05. The first-order chi connectivity index (χ1) is 12.8. The molecule has 0 aliphatic heterocycles. The summed E-state index contributed by atoms with van der Waals surface area (Å²) in [7, 11) is 0. The van der Waals surface area contributed by atoms with Gasteiger partial charge in [-0.2, -0.15) is 8.78 Å². The lowest BCUT2D eigenvalue weighted by molar-refractivity contribution is -0.0498. The van der Waals surface area contributed by atoms with E-state index in [1.54, 1.807) is 44.2 Å². The molecule has 0 fully saturated rings. The summed E-state index contributed by atoms with van der Waals surface area (Å²) in [6, 6.07) is 11.0. The minimum absolute atomic E-state index is 0.0280. The van der Waals surface area contributed by atoms with Gasteiger partial charge < -0.3 is 10.1 Å². The zero-order valence-corrected chi connectivity index (χ0v) is 15.2. The third-order valence-electron chi connectivity index (χ3n) is 3.79. The highest BCUT2D eigenvalue weighted by Crippen LogP contribution is 2.23. The fourth-order valence-electron chi connectivity index (χ4n) is 2.42. The Balaban J connectivity index is 1.81. The lowest BCUT2D eigenvalue weighted by atomic mass is 10.2. The second-order valence-electron chi connectivity index (χ2n) is 5.63. The molecular formula is C18H15ClF2N4O2. The first-order valence-corrected chi connectivity index (χ1v) is 8.28. The van der Waals surface area contributed by atoms with Crippen LogP contribution in [0.15, 0.2) is 42.5 Å². The van der Waals surface area contributed by atoms with Gasteiger partial charge in [-0.1, -0.05) is 17.7 Å². The van der Waals surface area contributed by atoms with E-state index in [1.165, 1.54) is 16.8 Å². The predicted octanol–water partition coefficient (Wildman–Crippen LogP) is 4.39. The molecule has 1 amide bonds. The van der Waals surface area contributed by atoms with E-state index in [1.807, 2.05) is 0 Å². The molecule has 1 aromatic heterocycles. The van der Waals surface area contributed by atoms with Crippen LogP contribution in [0, 0.1) is 13.8 Å². The van der Waals surface area contributed by atoms with Crippen molar-refractivity contribution in [3.05, 3.63) is 64.7 Å². The number of alkyl halides is 2. The molecule has 0 radical (unpaired) electrons. The number of halogens is 3. The van der Waals surface area contributed by atoms with Gasteiger partial charge in [-0.15, -0.1) is 5.10 Å². The predicted molar refractivity (Wildman–Crippen MR) is 96.9 cm³/mol. The van der Waals surface area contributed by atoms with Crippen LogP contribution in [0.3, 0.4) is 0 Å². The topological polar surface area (TPSA) is 69.0 Å². The molecule has 0 unspecified atom stereocenters. The smallest absolute Gasteiger partial charge is 0.387 e. The number of aromatic nitrogens is 3. The number of hydrogen-bond donors (Lipinski definition) is 1. The molecule has 0 bridgehead atoms. The molecule has 2 aromatic carbocycles. The van der Waals surface area contributed by atoms with Crippen LogP contribution in [0.4, 0.5) is 14.5 Å². The van der Waals surface area contributed by atoms with Gasteiger partial charge in [-0.05, 0) is 55.8 Å². The van der Waals surface area contributed by atoms with Gasteiger partial charge in [0.15, 0.2) is 0 Å². The van der Waals surface area contributed by atoms with E-state index < -0.39 is 12.5 Å². The Morgan fingerprint density at radius 1 is 1.19 bits per heavy atom. The number of amides is 1. The van der Waals surface area contributed by atoms with Crippen molar-refractivity contribution < 1.29 is 18.3 Å². The van der Waals surface area contributed by atoms with Crippen LogP contribution in [0.5, 0.6) is 5.75 Å². The minimum Gasteiger partial charge on any atom is -0.435 e. The van der Waals surface area contributed by atoms with Crippen LogP contribution in [0.25, 0.3) is 5.69 Å². The van der Waals surface area contributed by atoms with Crippen LogP contribution in [0.1, 0.15) is 22.0 Å². The van der Waals surface area contributed by atoms with Gasteiger partial charge in [0.05, 0.1) is 5.69 Å². The zero-order valence-electron chi connectivity index (χ0n) is 14.4. The summed E-state index contributed by atoms with van der Waals surface area (Å²) in [6.45, 7) is 0.574. The van der Waals surface area contributed by atoms with Gasteiger partial charge in [-0.3, -0.25) is 4.79 Å². The standard InChI is InChI=1S/C18H15ClF2N4O2/c1-10-14(19)4-3-5-15(10)23-17(26)16-22-11(2)25(24-16)12-6-8-13(9-7-12)27-18(20)21/h3-9,18H,1-2H3,(H,23,26). The number of nitrogens with one attached hydrogen (secondary N) is 1. The molecule has 0 saturated carbocycles. The van der Waals surface area contributed by atoms with Crippen molar-refractivity contribution in [2.24, 2.45) is 0 Å². The number of hydrogen-bond acceptors (Lipinski definition) is 4. The van der Waals surface area contributed by atoms with Gasteiger partial charge in [0.2, 0.25) is 5.82 Å². The molecule has 6 nitrogen and oxygen atoms in total. The number of nitrogens with zero attached hydrogens (tertiary/aromatic N) is 3. The highest BCUT2D eigenvalue weighted by molar-refractivity contribution is 6.31.